The van der Waals surface area contributed by atoms with Gasteiger partial charge in [-0.1, -0.05) is 23.8 Å². The Morgan fingerprint density at radius 3 is 2.10 bits per heavy atom. The topological polar surface area (TPSA) is 35.2 Å². The average molecular weight is 332 g/mol. The van der Waals surface area contributed by atoms with E-state index in [9.17, 15) is 13.2 Å². The summed E-state index contributed by atoms with van der Waals surface area (Å²) in [5.74, 6) is 0.641. The quantitative estimate of drug-likeness (QED) is 0.822. The maximum absolute atomic E-state index is 12.4. The van der Waals surface area contributed by atoms with E-state index in [1.807, 2.05) is 0 Å². The molecule has 0 bridgehead atoms. The van der Waals surface area contributed by atoms with E-state index in [-0.39, 0.29) is 10.7 Å². The van der Waals surface area contributed by atoms with Crippen LogP contribution < -0.4 is 10.5 Å². The van der Waals surface area contributed by atoms with Crippen LogP contribution in [0.25, 0.3) is 0 Å². The molecular formula is C14H9ClF3NOS. The number of ether oxygens (including phenoxy) is 1. The third-order valence-corrected chi connectivity index (χ3v) is 3.16. The van der Waals surface area contributed by atoms with Gasteiger partial charge in [0.25, 0.3) is 0 Å². The Morgan fingerprint density at radius 1 is 1.05 bits per heavy atom. The van der Waals surface area contributed by atoms with E-state index in [1.54, 1.807) is 12.1 Å². The molecule has 0 aliphatic rings. The molecule has 7 heteroatoms. The molecule has 21 heavy (non-hydrogen) atoms. The summed E-state index contributed by atoms with van der Waals surface area (Å²) in [6, 6.07) is 9.02. The van der Waals surface area contributed by atoms with Crippen LogP contribution in [0.4, 0.5) is 13.2 Å². The van der Waals surface area contributed by atoms with Crippen LogP contribution in [-0.2, 0) is 6.18 Å². The lowest BCUT2D eigenvalue weighted by Crippen LogP contribution is -2.09. The van der Waals surface area contributed by atoms with Gasteiger partial charge in [-0.25, -0.2) is 0 Å². The summed E-state index contributed by atoms with van der Waals surface area (Å²) in [5.41, 5.74) is 5.24. The molecule has 0 unspecified atom stereocenters. The Bertz CT molecular complexity index is 671. The van der Waals surface area contributed by atoms with Crippen molar-refractivity contribution in [1.82, 2.24) is 0 Å². The molecule has 2 nitrogen and oxygen atoms in total. The molecule has 0 saturated heterocycles. The molecule has 2 rings (SSSR count). The fourth-order valence-corrected chi connectivity index (χ4v) is 2.11. The highest BCUT2D eigenvalue weighted by molar-refractivity contribution is 7.80. The van der Waals surface area contributed by atoms with Crippen molar-refractivity contribution in [3.8, 4) is 11.5 Å². The summed E-state index contributed by atoms with van der Waals surface area (Å²) in [5, 5.41) is 0.312. The highest BCUT2D eigenvalue weighted by Gasteiger charge is 2.30. The van der Waals surface area contributed by atoms with Crippen LogP contribution >= 0.6 is 23.8 Å². The summed E-state index contributed by atoms with van der Waals surface area (Å²) >= 11 is 10.8. The van der Waals surface area contributed by atoms with Gasteiger partial charge in [-0.05, 0) is 36.4 Å². The molecule has 110 valence electrons. The van der Waals surface area contributed by atoms with Crippen LogP contribution in [0.15, 0.2) is 42.5 Å². The standard InChI is InChI=1S/C14H9ClF3NOS/c15-12-7-10(5-6-11(12)13(19)21)20-9-3-1-8(2-4-9)14(16,17)18/h1-7H,(H2,19,21). The van der Waals surface area contributed by atoms with Crippen LogP contribution in [0.1, 0.15) is 11.1 Å². The monoisotopic (exact) mass is 331 g/mol. The molecule has 0 radical (unpaired) electrons. The number of rotatable bonds is 3. The Morgan fingerprint density at radius 2 is 1.62 bits per heavy atom. The molecule has 0 amide bonds. The van der Waals surface area contributed by atoms with E-state index in [1.165, 1.54) is 18.2 Å². The molecule has 0 aromatic heterocycles. The third kappa shape index (κ3) is 3.86. The fourth-order valence-electron chi connectivity index (χ4n) is 1.61. The summed E-state index contributed by atoms with van der Waals surface area (Å²) in [7, 11) is 0. The van der Waals surface area contributed by atoms with Crippen molar-refractivity contribution < 1.29 is 17.9 Å². The highest BCUT2D eigenvalue weighted by Crippen LogP contribution is 2.32. The van der Waals surface area contributed by atoms with E-state index < -0.39 is 11.7 Å². The molecule has 0 spiro atoms. The van der Waals surface area contributed by atoms with Crippen molar-refractivity contribution in [1.29, 1.82) is 0 Å². The maximum Gasteiger partial charge on any atom is 0.416 e. The predicted octanol–water partition coefficient (Wildman–Crippen LogP) is 4.79. The van der Waals surface area contributed by atoms with Crippen molar-refractivity contribution in [3.63, 3.8) is 0 Å². The van der Waals surface area contributed by atoms with Crippen molar-refractivity contribution in [2.75, 3.05) is 0 Å². The Balaban J connectivity index is 2.19. The lowest BCUT2D eigenvalue weighted by molar-refractivity contribution is -0.137. The summed E-state index contributed by atoms with van der Waals surface area (Å²) in [6.45, 7) is 0. The largest absolute Gasteiger partial charge is 0.457 e. The maximum atomic E-state index is 12.4. The second-order valence-corrected chi connectivity index (χ2v) is 4.98. The van der Waals surface area contributed by atoms with Crippen LogP contribution in [0.2, 0.25) is 5.02 Å². The van der Waals surface area contributed by atoms with Crippen LogP contribution in [0.3, 0.4) is 0 Å². The normalized spacial score (nSPS) is 11.2. The predicted molar refractivity (Wildman–Crippen MR) is 78.9 cm³/mol. The molecule has 0 saturated carbocycles. The van der Waals surface area contributed by atoms with Gasteiger partial charge in [0.2, 0.25) is 0 Å². The number of hydrogen-bond donors (Lipinski definition) is 1. The molecule has 0 aliphatic heterocycles. The van der Waals surface area contributed by atoms with Crippen LogP contribution in [-0.4, -0.2) is 4.99 Å². The van der Waals surface area contributed by atoms with E-state index >= 15 is 0 Å². The minimum atomic E-state index is -4.37. The van der Waals surface area contributed by atoms with Crippen LogP contribution in [0, 0.1) is 0 Å². The smallest absolute Gasteiger partial charge is 0.416 e. The first-order chi connectivity index (χ1) is 9.77. The fraction of sp³-hybridized carbons (Fsp3) is 0.0714. The molecule has 2 aromatic carbocycles. The van der Waals surface area contributed by atoms with E-state index in [0.29, 0.717) is 16.3 Å². The van der Waals surface area contributed by atoms with Crippen molar-refractivity contribution >= 4 is 28.8 Å². The summed E-state index contributed by atoms with van der Waals surface area (Å²) in [6.07, 6.45) is -4.37. The second-order valence-electron chi connectivity index (χ2n) is 4.13. The Hall–Kier alpha value is -1.79. The molecule has 0 aliphatic carbocycles. The molecule has 0 atom stereocenters. The van der Waals surface area contributed by atoms with Crippen molar-refractivity contribution in [2.24, 2.45) is 5.73 Å². The number of thiocarbonyl (C=S) groups is 1. The van der Waals surface area contributed by atoms with Gasteiger partial charge in [-0.15, -0.1) is 0 Å². The number of nitrogens with two attached hydrogens (primary N) is 1. The van der Waals surface area contributed by atoms with Gasteiger partial charge < -0.3 is 10.5 Å². The Labute approximate surface area is 129 Å². The van der Waals surface area contributed by atoms with Crippen molar-refractivity contribution in [2.45, 2.75) is 6.18 Å². The van der Waals surface area contributed by atoms with Gasteiger partial charge in [0.15, 0.2) is 0 Å². The average Bonchev–Trinajstić information content (AvgIpc) is 2.38. The van der Waals surface area contributed by atoms with Gasteiger partial charge in [-0.2, -0.15) is 13.2 Å². The van der Waals surface area contributed by atoms with Gasteiger partial charge in [0, 0.05) is 11.6 Å². The zero-order valence-electron chi connectivity index (χ0n) is 10.4. The van der Waals surface area contributed by atoms with Gasteiger partial charge >= 0.3 is 6.18 Å². The first-order valence-corrected chi connectivity index (χ1v) is 6.50. The minimum absolute atomic E-state index is 0.154. The highest BCUT2D eigenvalue weighted by atomic mass is 35.5. The van der Waals surface area contributed by atoms with Gasteiger partial charge in [0.05, 0.1) is 10.6 Å². The van der Waals surface area contributed by atoms with Crippen LogP contribution in [0.5, 0.6) is 11.5 Å². The number of hydrogen-bond acceptors (Lipinski definition) is 2. The number of alkyl halides is 3. The van der Waals surface area contributed by atoms with Crippen molar-refractivity contribution in [3.05, 3.63) is 58.6 Å². The number of benzene rings is 2. The molecule has 2 N–H and O–H groups in total. The first kappa shape index (κ1) is 15.6. The summed E-state index contributed by atoms with van der Waals surface area (Å²) in [4.78, 5) is 0.154. The molecule has 0 heterocycles. The minimum Gasteiger partial charge on any atom is -0.457 e. The zero-order chi connectivity index (χ0) is 15.6. The zero-order valence-corrected chi connectivity index (χ0v) is 12.0. The number of halogens is 4. The molecule has 0 fully saturated rings. The van der Waals surface area contributed by atoms with E-state index in [0.717, 1.165) is 12.1 Å². The van der Waals surface area contributed by atoms with E-state index in [4.69, 9.17) is 34.3 Å². The SMILES string of the molecule is NC(=S)c1ccc(Oc2ccc(C(F)(F)F)cc2)cc1Cl. The third-order valence-electron chi connectivity index (χ3n) is 2.62. The van der Waals surface area contributed by atoms with Gasteiger partial charge in [0.1, 0.15) is 16.5 Å². The summed E-state index contributed by atoms with van der Waals surface area (Å²) < 4.78 is 42.7. The first-order valence-electron chi connectivity index (χ1n) is 5.72. The molecular weight excluding hydrogens is 323 g/mol. The van der Waals surface area contributed by atoms with E-state index in [2.05, 4.69) is 0 Å². The Kier molecular flexibility index (Phi) is 4.39. The lowest BCUT2D eigenvalue weighted by Gasteiger charge is -2.10. The molecule has 2 aromatic rings. The lowest BCUT2D eigenvalue weighted by atomic mass is 10.2. The van der Waals surface area contributed by atoms with Gasteiger partial charge in [-0.3, -0.25) is 0 Å². The second kappa shape index (κ2) is 5.91.